The Morgan fingerprint density at radius 1 is 1.29 bits per heavy atom. The third-order valence-electron chi connectivity index (χ3n) is 7.81. The molecule has 7 nitrogen and oxygen atoms in total. The standard InChI is InChI=1S/C24H37N3O4/c1-15(22(29)26-13-14-31-4)18-5-9-24(3)10-6-19(16(2)20(24)21(18)28)27-23(30)17-7-11-25-12-8-17/h7-8,11-12,15-16,18-21,28H,5-6,9-10,13-14H2,1-4H3,(H,26,29)(H,27,30)/t15-,16+,18+,19-,20+,21-,24-/m0/s1. The number of carbonyl (C=O) groups is 2. The normalized spacial score (nSPS) is 33.8. The van der Waals surface area contributed by atoms with Crippen molar-refractivity contribution in [3.8, 4) is 0 Å². The molecular weight excluding hydrogens is 394 g/mol. The second-order valence-corrected chi connectivity index (χ2v) is 9.66. The fourth-order valence-electron chi connectivity index (χ4n) is 5.88. The summed E-state index contributed by atoms with van der Waals surface area (Å²) in [6.07, 6.45) is 6.35. The van der Waals surface area contributed by atoms with E-state index in [1.54, 1.807) is 31.6 Å². The first-order valence-corrected chi connectivity index (χ1v) is 11.4. The summed E-state index contributed by atoms with van der Waals surface area (Å²) in [5.41, 5.74) is 0.624. The van der Waals surface area contributed by atoms with Crippen molar-refractivity contribution in [2.24, 2.45) is 29.1 Å². The van der Waals surface area contributed by atoms with Gasteiger partial charge in [-0.05, 0) is 61.0 Å². The van der Waals surface area contributed by atoms with E-state index in [4.69, 9.17) is 4.74 Å². The van der Waals surface area contributed by atoms with Crippen LogP contribution in [0.3, 0.4) is 0 Å². The summed E-state index contributed by atoms with van der Waals surface area (Å²) < 4.78 is 5.01. The molecule has 7 heteroatoms. The fourth-order valence-corrected chi connectivity index (χ4v) is 5.88. The SMILES string of the molecule is COCCNC(=O)[C@@H](C)[C@H]1CC[C@@]2(C)CC[C@H](NC(=O)c3ccncc3)[C@@H](C)[C@@H]2[C@H]1O. The van der Waals surface area contributed by atoms with Crippen LogP contribution in [0.2, 0.25) is 0 Å². The number of methoxy groups -OCH3 is 1. The third-order valence-corrected chi connectivity index (χ3v) is 7.81. The number of rotatable bonds is 7. The second kappa shape index (κ2) is 10.1. The molecular formula is C24H37N3O4. The summed E-state index contributed by atoms with van der Waals surface area (Å²) in [7, 11) is 1.61. The molecule has 0 unspecified atom stereocenters. The Morgan fingerprint density at radius 3 is 2.65 bits per heavy atom. The van der Waals surface area contributed by atoms with E-state index in [0.29, 0.717) is 18.7 Å². The Hall–Kier alpha value is -1.99. The van der Waals surface area contributed by atoms with Crippen molar-refractivity contribution < 1.29 is 19.4 Å². The van der Waals surface area contributed by atoms with Gasteiger partial charge in [0.1, 0.15) is 0 Å². The molecule has 3 N–H and O–H groups in total. The molecule has 0 spiro atoms. The highest BCUT2D eigenvalue weighted by atomic mass is 16.5. The Bertz CT molecular complexity index is 758. The molecule has 3 rings (SSSR count). The Balaban J connectivity index is 1.70. The van der Waals surface area contributed by atoms with Gasteiger partial charge in [-0.3, -0.25) is 14.6 Å². The minimum Gasteiger partial charge on any atom is -0.392 e. The highest BCUT2D eigenvalue weighted by Crippen LogP contribution is 2.55. The van der Waals surface area contributed by atoms with Crippen molar-refractivity contribution in [2.75, 3.05) is 20.3 Å². The summed E-state index contributed by atoms with van der Waals surface area (Å²) in [5, 5.41) is 17.5. The zero-order valence-electron chi connectivity index (χ0n) is 19.1. The molecule has 0 bridgehead atoms. The van der Waals surface area contributed by atoms with Crippen molar-refractivity contribution >= 4 is 11.8 Å². The molecule has 2 fully saturated rings. The molecule has 2 saturated carbocycles. The summed E-state index contributed by atoms with van der Waals surface area (Å²) in [5.74, 6) is -0.331. The van der Waals surface area contributed by atoms with Crippen LogP contribution in [-0.2, 0) is 9.53 Å². The lowest BCUT2D eigenvalue weighted by Crippen LogP contribution is -2.58. The lowest BCUT2D eigenvalue weighted by molar-refractivity contribution is -0.142. The van der Waals surface area contributed by atoms with Crippen molar-refractivity contribution in [3.63, 3.8) is 0 Å². The number of fused-ring (bicyclic) bond motifs is 1. The summed E-state index contributed by atoms with van der Waals surface area (Å²) in [6, 6.07) is 3.42. The number of carbonyl (C=O) groups excluding carboxylic acids is 2. The molecule has 7 atom stereocenters. The largest absolute Gasteiger partial charge is 0.392 e. The van der Waals surface area contributed by atoms with Crippen molar-refractivity contribution in [2.45, 2.75) is 58.6 Å². The number of amides is 2. The smallest absolute Gasteiger partial charge is 0.251 e. The summed E-state index contributed by atoms with van der Waals surface area (Å²) in [4.78, 5) is 29.3. The van der Waals surface area contributed by atoms with Gasteiger partial charge in [0.05, 0.1) is 12.7 Å². The number of pyridine rings is 1. The van der Waals surface area contributed by atoms with Gasteiger partial charge in [-0.1, -0.05) is 20.8 Å². The van der Waals surface area contributed by atoms with Crippen LogP contribution in [0.4, 0.5) is 0 Å². The van der Waals surface area contributed by atoms with E-state index >= 15 is 0 Å². The zero-order valence-corrected chi connectivity index (χ0v) is 19.1. The lowest BCUT2D eigenvalue weighted by atomic mass is 9.51. The Morgan fingerprint density at radius 2 is 1.97 bits per heavy atom. The van der Waals surface area contributed by atoms with Crippen LogP contribution >= 0.6 is 0 Å². The van der Waals surface area contributed by atoms with Gasteiger partial charge in [0.25, 0.3) is 5.91 Å². The van der Waals surface area contributed by atoms with Gasteiger partial charge in [-0.15, -0.1) is 0 Å². The number of aliphatic hydroxyl groups excluding tert-OH is 1. The van der Waals surface area contributed by atoms with Gasteiger partial charge in [-0.25, -0.2) is 0 Å². The average molecular weight is 432 g/mol. The number of nitrogens with one attached hydrogen (secondary N) is 2. The van der Waals surface area contributed by atoms with Crippen LogP contribution in [0, 0.1) is 29.1 Å². The predicted octanol–water partition coefficient (Wildman–Crippen LogP) is 2.40. The molecule has 1 aromatic heterocycles. The van der Waals surface area contributed by atoms with Crippen molar-refractivity contribution in [1.29, 1.82) is 0 Å². The predicted molar refractivity (Wildman–Crippen MR) is 118 cm³/mol. The number of hydrogen-bond donors (Lipinski definition) is 3. The third kappa shape index (κ3) is 5.09. The van der Waals surface area contributed by atoms with E-state index in [1.165, 1.54) is 0 Å². The first kappa shape index (κ1) is 23.7. The molecule has 2 aliphatic carbocycles. The van der Waals surface area contributed by atoms with E-state index in [9.17, 15) is 14.7 Å². The fraction of sp³-hybridized carbons (Fsp3) is 0.708. The lowest BCUT2D eigenvalue weighted by Gasteiger charge is -2.56. The van der Waals surface area contributed by atoms with Crippen molar-refractivity contribution in [1.82, 2.24) is 15.6 Å². The molecule has 1 aromatic rings. The molecule has 172 valence electrons. The maximum Gasteiger partial charge on any atom is 0.251 e. The van der Waals surface area contributed by atoms with Gasteiger partial charge >= 0.3 is 0 Å². The zero-order chi connectivity index (χ0) is 22.6. The van der Waals surface area contributed by atoms with Crippen LogP contribution in [0.15, 0.2) is 24.5 Å². The molecule has 0 saturated heterocycles. The number of aromatic nitrogens is 1. The van der Waals surface area contributed by atoms with Gasteiger partial charge in [-0.2, -0.15) is 0 Å². The van der Waals surface area contributed by atoms with E-state index in [2.05, 4.69) is 29.5 Å². The first-order chi connectivity index (χ1) is 14.8. The van der Waals surface area contributed by atoms with E-state index < -0.39 is 6.10 Å². The minimum absolute atomic E-state index is 0.00187. The van der Waals surface area contributed by atoms with Crippen LogP contribution in [-0.4, -0.2) is 54.3 Å². The van der Waals surface area contributed by atoms with Crippen LogP contribution in [0.1, 0.15) is 56.8 Å². The average Bonchev–Trinajstić information content (AvgIpc) is 2.76. The monoisotopic (exact) mass is 431 g/mol. The molecule has 31 heavy (non-hydrogen) atoms. The maximum atomic E-state index is 12.7. The molecule has 0 aliphatic heterocycles. The van der Waals surface area contributed by atoms with E-state index in [0.717, 1.165) is 25.7 Å². The molecule has 0 aromatic carbocycles. The highest BCUT2D eigenvalue weighted by molar-refractivity contribution is 5.94. The molecule has 2 aliphatic rings. The Labute approximate surface area is 185 Å². The highest BCUT2D eigenvalue weighted by Gasteiger charge is 2.53. The van der Waals surface area contributed by atoms with Crippen molar-refractivity contribution in [3.05, 3.63) is 30.1 Å². The summed E-state index contributed by atoms with van der Waals surface area (Å²) >= 11 is 0. The van der Waals surface area contributed by atoms with Crippen LogP contribution in [0.5, 0.6) is 0 Å². The van der Waals surface area contributed by atoms with E-state index in [-0.39, 0.29) is 46.9 Å². The summed E-state index contributed by atoms with van der Waals surface area (Å²) in [6.45, 7) is 7.26. The molecule has 0 radical (unpaired) electrons. The molecule has 2 amide bonds. The maximum absolute atomic E-state index is 12.7. The topological polar surface area (TPSA) is 101 Å². The second-order valence-electron chi connectivity index (χ2n) is 9.66. The number of aliphatic hydroxyl groups is 1. The number of nitrogens with zero attached hydrogens (tertiary/aromatic N) is 1. The van der Waals surface area contributed by atoms with E-state index in [1.807, 2.05) is 6.92 Å². The molecule has 1 heterocycles. The number of ether oxygens (including phenoxy) is 1. The van der Waals surface area contributed by atoms with Gasteiger partial charge < -0.3 is 20.5 Å². The van der Waals surface area contributed by atoms with Gasteiger partial charge in [0.15, 0.2) is 0 Å². The first-order valence-electron chi connectivity index (χ1n) is 11.4. The van der Waals surface area contributed by atoms with Gasteiger partial charge in [0.2, 0.25) is 5.91 Å². The number of hydrogen-bond acceptors (Lipinski definition) is 5. The van der Waals surface area contributed by atoms with Gasteiger partial charge in [0, 0.05) is 43.6 Å². The van der Waals surface area contributed by atoms with Crippen LogP contribution < -0.4 is 10.6 Å². The Kier molecular flexibility index (Phi) is 7.70. The quantitative estimate of drug-likeness (QED) is 0.576. The van der Waals surface area contributed by atoms with Crippen LogP contribution in [0.25, 0.3) is 0 Å². The minimum atomic E-state index is -0.572.